The van der Waals surface area contributed by atoms with Gasteiger partial charge in [0.2, 0.25) is 5.88 Å². The summed E-state index contributed by atoms with van der Waals surface area (Å²) in [5.41, 5.74) is -3.17. The zero-order valence-corrected chi connectivity index (χ0v) is 29.2. The Labute approximate surface area is 290 Å². The Hall–Kier alpha value is -4.43. The smallest absolute Gasteiger partial charge is 0.397 e. The summed E-state index contributed by atoms with van der Waals surface area (Å²) in [6.45, 7) is -0.00567. The molecule has 3 aromatic heterocycles. The summed E-state index contributed by atoms with van der Waals surface area (Å²) in [7, 11) is -7.90. The first-order valence-corrected chi connectivity index (χ1v) is 18.9. The lowest BCUT2D eigenvalue weighted by Gasteiger charge is -2.26. The molecular formula is C31H34F5N7O6S2. The maximum Gasteiger partial charge on any atom is 0.397 e. The minimum absolute atomic E-state index is 0.0527. The van der Waals surface area contributed by atoms with Crippen LogP contribution >= 0.6 is 0 Å². The Morgan fingerprint density at radius 2 is 1.80 bits per heavy atom. The highest BCUT2D eigenvalue weighted by Crippen LogP contribution is 2.39. The third-order valence-electron chi connectivity index (χ3n) is 7.74. The molecule has 0 aliphatic carbocycles. The van der Waals surface area contributed by atoms with Crippen LogP contribution in [0.5, 0.6) is 5.88 Å². The number of benzene rings is 1. The van der Waals surface area contributed by atoms with Crippen LogP contribution in [0.2, 0.25) is 0 Å². The van der Waals surface area contributed by atoms with E-state index in [9.17, 15) is 30.0 Å². The van der Waals surface area contributed by atoms with E-state index < -0.39 is 61.2 Å². The average Bonchev–Trinajstić information content (AvgIpc) is 3.52. The van der Waals surface area contributed by atoms with Crippen molar-refractivity contribution in [2.45, 2.75) is 37.4 Å². The van der Waals surface area contributed by atoms with Crippen LogP contribution in [0.4, 0.5) is 33.6 Å². The zero-order chi connectivity index (χ0) is 37.2. The Morgan fingerprint density at radius 1 is 1.06 bits per heavy atom. The van der Waals surface area contributed by atoms with Crippen molar-refractivity contribution in [3.8, 4) is 23.0 Å². The molecule has 51 heavy (non-hydrogen) atoms. The number of alkyl halides is 5. The van der Waals surface area contributed by atoms with Crippen molar-refractivity contribution in [1.82, 2.24) is 24.7 Å². The van der Waals surface area contributed by atoms with Crippen LogP contribution in [0.1, 0.15) is 25.8 Å². The van der Waals surface area contributed by atoms with Gasteiger partial charge >= 0.3 is 6.18 Å². The second-order valence-corrected chi connectivity index (χ2v) is 16.3. The van der Waals surface area contributed by atoms with Crippen molar-refractivity contribution in [3.05, 3.63) is 66.5 Å². The number of nitrogens with one attached hydrogen (secondary N) is 1. The number of sulfone groups is 1. The predicted molar refractivity (Wildman–Crippen MR) is 176 cm³/mol. The summed E-state index contributed by atoms with van der Waals surface area (Å²) in [4.78, 5) is 14.4. The molecule has 4 aromatic rings. The molecule has 0 spiro atoms. The highest BCUT2D eigenvalue weighted by molar-refractivity contribution is 7.92. The van der Waals surface area contributed by atoms with Gasteiger partial charge in [-0.2, -0.15) is 30.4 Å². The third kappa shape index (κ3) is 9.09. The van der Waals surface area contributed by atoms with Crippen LogP contribution < -0.4 is 14.4 Å². The number of halogens is 5. The Balaban J connectivity index is 1.59. The second-order valence-electron chi connectivity index (χ2n) is 12.4. The molecule has 1 aliphatic rings. The van der Waals surface area contributed by atoms with Crippen LogP contribution in [0.25, 0.3) is 17.1 Å². The number of sulfonamides is 1. The van der Waals surface area contributed by atoms with E-state index in [4.69, 9.17) is 9.47 Å². The number of anilines is 2. The first kappa shape index (κ1) is 37.8. The van der Waals surface area contributed by atoms with Gasteiger partial charge in [-0.05, 0) is 32.4 Å². The van der Waals surface area contributed by atoms with E-state index >= 15 is 8.78 Å². The maximum absolute atomic E-state index is 15.9. The van der Waals surface area contributed by atoms with Gasteiger partial charge in [0.1, 0.15) is 34.6 Å². The summed E-state index contributed by atoms with van der Waals surface area (Å²) < 4.78 is 137. The topological polar surface area (TPSA) is 158 Å². The number of nitrogens with zero attached hydrogens (tertiary/aromatic N) is 6. The number of pyridine rings is 1. The third-order valence-corrected chi connectivity index (χ3v) is 9.92. The van der Waals surface area contributed by atoms with Crippen molar-refractivity contribution in [3.63, 3.8) is 0 Å². The van der Waals surface area contributed by atoms with Crippen LogP contribution in [0.3, 0.4) is 0 Å². The normalized spacial score (nSPS) is 16.8. The largest absolute Gasteiger partial charge is 0.476 e. The predicted octanol–water partition coefficient (Wildman–Crippen LogP) is 4.86. The van der Waals surface area contributed by atoms with Crippen LogP contribution in [0.15, 0.2) is 66.0 Å². The van der Waals surface area contributed by atoms with Crippen LogP contribution in [-0.2, 0) is 30.5 Å². The molecule has 0 saturated heterocycles. The number of hydrogen-bond acceptors (Lipinski definition) is 11. The Kier molecular flexibility index (Phi) is 10.6. The molecule has 13 nitrogen and oxygen atoms in total. The molecular weight excluding hydrogens is 726 g/mol. The maximum atomic E-state index is 15.9. The molecule has 0 unspecified atom stereocenters. The molecule has 0 saturated carbocycles. The highest BCUT2D eigenvalue weighted by atomic mass is 32.2. The van der Waals surface area contributed by atoms with Gasteiger partial charge < -0.3 is 14.4 Å². The first-order chi connectivity index (χ1) is 23.8. The molecule has 1 aromatic carbocycles. The fourth-order valence-electron chi connectivity index (χ4n) is 4.80. The number of ether oxygens (including phenoxy) is 2. The number of hydrogen-bond donors (Lipinski definition) is 1. The number of aromatic nitrogens is 5. The SMILES string of the molecule is CC(C)(COc1ccn(-c2ncc3nc2-c2ccccc2C(F)(F)COCCCN(CCS(C)(=O)=O)c2cccc(n2)S(=O)(=O)N3)n1)C(F)(F)F. The minimum Gasteiger partial charge on any atom is -0.476 e. The minimum atomic E-state index is -4.57. The van der Waals surface area contributed by atoms with E-state index in [-0.39, 0.29) is 66.5 Å². The molecule has 5 rings (SSSR count). The van der Waals surface area contributed by atoms with E-state index in [1.54, 1.807) is 0 Å². The van der Waals surface area contributed by atoms with E-state index in [0.29, 0.717) is 0 Å². The fourth-order valence-corrected chi connectivity index (χ4v) is 6.30. The van der Waals surface area contributed by atoms with Gasteiger partial charge in [0, 0.05) is 49.3 Å². The molecule has 276 valence electrons. The quantitative estimate of drug-likeness (QED) is 0.257. The monoisotopic (exact) mass is 759 g/mol. The fraction of sp³-hybridized carbons (Fsp3) is 0.419. The summed E-state index contributed by atoms with van der Waals surface area (Å²) >= 11 is 0. The molecule has 0 atom stereocenters. The second kappa shape index (κ2) is 14.3. The van der Waals surface area contributed by atoms with Gasteiger partial charge in [-0.25, -0.2) is 28.1 Å². The summed E-state index contributed by atoms with van der Waals surface area (Å²) in [6, 6.07) is 10.7. The number of rotatable bonds is 7. The van der Waals surface area contributed by atoms with Crippen molar-refractivity contribution in [2.75, 3.05) is 54.5 Å². The van der Waals surface area contributed by atoms with Crippen molar-refractivity contribution in [1.29, 1.82) is 0 Å². The molecule has 0 fully saturated rings. The van der Waals surface area contributed by atoms with Crippen molar-refractivity contribution < 1.29 is 48.3 Å². The molecule has 0 amide bonds. The molecule has 4 bridgehead atoms. The van der Waals surface area contributed by atoms with E-state index in [1.165, 1.54) is 53.6 Å². The first-order valence-electron chi connectivity index (χ1n) is 15.4. The average molecular weight is 760 g/mol. The Bertz CT molecular complexity index is 2090. The van der Waals surface area contributed by atoms with Crippen LogP contribution in [0, 0.1) is 5.41 Å². The molecule has 1 N–H and O–H groups in total. The summed E-state index contributed by atoms with van der Waals surface area (Å²) in [6.07, 6.45) is -1.07. The van der Waals surface area contributed by atoms with Gasteiger partial charge in [-0.15, -0.1) is 5.10 Å². The van der Waals surface area contributed by atoms with Crippen molar-refractivity contribution in [2.24, 2.45) is 5.41 Å². The van der Waals surface area contributed by atoms with E-state index in [2.05, 4.69) is 24.8 Å². The molecule has 0 radical (unpaired) electrons. The lowest BCUT2D eigenvalue weighted by atomic mass is 9.94. The van der Waals surface area contributed by atoms with E-state index in [0.717, 1.165) is 37.0 Å². The molecule has 20 heteroatoms. The highest BCUT2D eigenvalue weighted by Gasteiger charge is 2.48. The molecule has 1 aliphatic heterocycles. The van der Waals surface area contributed by atoms with Gasteiger partial charge in [-0.1, -0.05) is 30.3 Å². The lowest BCUT2D eigenvalue weighted by Crippen LogP contribution is -2.37. The van der Waals surface area contributed by atoms with E-state index in [1.807, 2.05) is 0 Å². The lowest BCUT2D eigenvalue weighted by molar-refractivity contribution is -0.219. The molecule has 4 heterocycles. The van der Waals surface area contributed by atoms with Crippen LogP contribution in [-0.4, -0.2) is 92.7 Å². The van der Waals surface area contributed by atoms with Gasteiger partial charge in [0.25, 0.3) is 15.9 Å². The van der Waals surface area contributed by atoms with Gasteiger partial charge in [0.05, 0.1) is 17.4 Å². The number of fused-ring (bicyclic) bond motifs is 6. The van der Waals surface area contributed by atoms with Gasteiger partial charge in [0.15, 0.2) is 16.7 Å². The zero-order valence-electron chi connectivity index (χ0n) is 27.6. The van der Waals surface area contributed by atoms with Crippen molar-refractivity contribution >= 4 is 31.5 Å². The standard InChI is InChI=1S/C31H34F5N7O6S2/c1-29(2,31(34,35)36)19-49-25-12-14-43(40-25)28-27-21-8-4-5-9-22(21)30(32,33)20-48-16-7-13-42(15-17-50(3,44)45)24-10-6-11-26(39-24)51(46,47)41-23(38-27)18-37-28/h4-6,8-12,14,18H,7,13,15-17,19-20H2,1-3H3,(H,38,41). The summed E-state index contributed by atoms with van der Waals surface area (Å²) in [5, 5.41) is 3.69. The summed E-state index contributed by atoms with van der Waals surface area (Å²) in [5.74, 6) is -4.54. The Morgan fingerprint density at radius 3 is 2.53 bits per heavy atom. The van der Waals surface area contributed by atoms with Gasteiger partial charge in [-0.3, -0.25) is 4.72 Å².